The van der Waals surface area contributed by atoms with Gasteiger partial charge in [0.1, 0.15) is 0 Å². The average molecular weight is 187 g/mol. The standard InChI is InChI=1S/C9H16O4/c1-4-9(2,3)8(12)13-6-5-7(10)11/h4-6H2,1-3H3,(H,10,11)/p-1. The predicted molar refractivity (Wildman–Crippen MR) is 44.7 cm³/mol. The summed E-state index contributed by atoms with van der Waals surface area (Å²) < 4.78 is 4.75. The van der Waals surface area contributed by atoms with Gasteiger partial charge in [-0.25, -0.2) is 0 Å². The fourth-order valence-electron chi connectivity index (χ4n) is 0.567. The molecule has 0 aliphatic heterocycles. The van der Waals surface area contributed by atoms with Crippen molar-refractivity contribution < 1.29 is 19.4 Å². The Kier molecular flexibility index (Phi) is 4.45. The molecule has 0 heterocycles. The van der Waals surface area contributed by atoms with Crippen LogP contribution in [0.15, 0.2) is 0 Å². The van der Waals surface area contributed by atoms with Gasteiger partial charge in [0.05, 0.1) is 12.0 Å². The smallest absolute Gasteiger partial charge is 0.311 e. The molecule has 13 heavy (non-hydrogen) atoms. The Hall–Kier alpha value is -1.06. The summed E-state index contributed by atoms with van der Waals surface area (Å²) in [5.74, 6) is -1.57. The molecular formula is C9H15O4-. The minimum atomic E-state index is -1.21. The van der Waals surface area contributed by atoms with Crippen molar-refractivity contribution in [2.75, 3.05) is 6.61 Å². The second kappa shape index (κ2) is 4.84. The lowest BCUT2D eigenvalue weighted by Gasteiger charge is -2.20. The quantitative estimate of drug-likeness (QED) is 0.573. The van der Waals surface area contributed by atoms with Crippen LogP contribution in [0.3, 0.4) is 0 Å². The molecule has 4 heteroatoms. The van der Waals surface area contributed by atoms with E-state index in [1.807, 2.05) is 6.92 Å². The molecule has 0 atom stereocenters. The molecule has 0 bridgehead atoms. The van der Waals surface area contributed by atoms with E-state index in [2.05, 4.69) is 0 Å². The molecule has 0 aromatic carbocycles. The first kappa shape index (κ1) is 11.9. The third-order valence-electron chi connectivity index (χ3n) is 1.98. The lowest BCUT2D eigenvalue weighted by Crippen LogP contribution is -2.29. The van der Waals surface area contributed by atoms with Crippen LogP contribution in [-0.4, -0.2) is 18.5 Å². The van der Waals surface area contributed by atoms with Gasteiger partial charge in [-0.1, -0.05) is 6.92 Å². The van der Waals surface area contributed by atoms with Crippen molar-refractivity contribution >= 4 is 11.9 Å². The van der Waals surface area contributed by atoms with Crippen LogP contribution in [0.25, 0.3) is 0 Å². The van der Waals surface area contributed by atoms with Crippen molar-refractivity contribution in [3.63, 3.8) is 0 Å². The molecule has 4 nitrogen and oxygen atoms in total. The first-order chi connectivity index (χ1) is 5.90. The SMILES string of the molecule is CCC(C)(C)C(=O)OCCC(=O)[O-]. The van der Waals surface area contributed by atoms with E-state index in [4.69, 9.17) is 4.74 Å². The summed E-state index contributed by atoms with van der Waals surface area (Å²) in [4.78, 5) is 21.2. The summed E-state index contributed by atoms with van der Waals surface area (Å²) in [6, 6.07) is 0. The highest BCUT2D eigenvalue weighted by Crippen LogP contribution is 2.21. The maximum Gasteiger partial charge on any atom is 0.311 e. The zero-order valence-electron chi connectivity index (χ0n) is 8.25. The van der Waals surface area contributed by atoms with Crippen LogP contribution in [0.1, 0.15) is 33.6 Å². The fraction of sp³-hybridized carbons (Fsp3) is 0.778. The number of hydrogen-bond acceptors (Lipinski definition) is 4. The normalized spacial score (nSPS) is 11.0. The molecule has 0 rings (SSSR count). The van der Waals surface area contributed by atoms with E-state index in [0.717, 1.165) is 0 Å². The van der Waals surface area contributed by atoms with Crippen molar-refractivity contribution in [2.45, 2.75) is 33.6 Å². The lowest BCUT2D eigenvalue weighted by molar-refractivity contribution is -0.306. The van der Waals surface area contributed by atoms with Gasteiger partial charge in [-0.05, 0) is 20.3 Å². The Labute approximate surface area is 77.9 Å². The number of carboxylic acids is 1. The molecule has 0 N–H and O–H groups in total. The van der Waals surface area contributed by atoms with Crippen LogP contribution in [0.2, 0.25) is 0 Å². The van der Waals surface area contributed by atoms with Crippen molar-refractivity contribution in [1.29, 1.82) is 0 Å². The summed E-state index contributed by atoms with van der Waals surface area (Å²) in [7, 11) is 0. The monoisotopic (exact) mass is 187 g/mol. The Morgan fingerprint density at radius 3 is 2.31 bits per heavy atom. The Morgan fingerprint density at radius 2 is 1.92 bits per heavy atom. The third-order valence-corrected chi connectivity index (χ3v) is 1.98. The van der Waals surface area contributed by atoms with Gasteiger partial charge in [0.15, 0.2) is 0 Å². The first-order valence-electron chi connectivity index (χ1n) is 4.27. The molecule has 0 saturated carbocycles. The molecule has 0 aromatic rings. The predicted octanol–water partition coefficient (Wildman–Crippen LogP) is 0.106. The van der Waals surface area contributed by atoms with E-state index in [0.29, 0.717) is 6.42 Å². The Balaban J connectivity index is 3.81. The van der Waals surface area contributed by atoms with Gasteiger partial charge < -0.3 is 14.6 Å². The van der Waals surface area contributed by atoms with E-state index in [1.165, 1.54) is 0 Å². The maximum absolute atomic E-state index is 11.2. The van der Waals surface area contributed by atoms with Crippen LogP contribution < -0.4 is 5.11 Å². The summed E-state index contributed by atoms with van der Waals surface area (Å²) in [5, 5.41) is 10.00. The third kappa shape index (κ3) is 4.50. The van der Waals surface area contributed by atoms with E-state index in [9.17, 15) is 14.7 Å². The number of esters is 1. The number of carbonyl (C=O) groups excluding carboxylic acids is 2. The lowest BCUT2D eigenvalue weighted by atomic mass is 9.91. The van der Waals surface area contributed by atoms with Gasteiger partial charge in [-0.2, -0.15) is 0 Å². The van der Waals surface area contributed by atoms with Crippen LogP contribution >= 0.6 is 0 Å². The highest BCUT2D eigenvalue weighted by atomic mass is 16.5. The van der Waals surface area contributed by atoms with Crippen molar-refractivity contribution in [3.8, 4) is 0 Å². The Morgan fingerprint density at radius 1 is 1.38 bits per heavy atom. The van der Waals surface area contributed by atoms with Crippen LogP contribution in [-0.2, 0) is 14.3 Å². The molecule has 0 spiro atoms. The number of carboxylic acid groups (broad SMARTS) is 1. The summed E-state index contributed by atoms with van der Waals surface area (Å²) in [6.45, 7) is 5.29. The van der Waals surface area contributed by atoms with Gasteiger partial charge in [0.25, 0.3) is 0 Å². The average Bonchev–Trinajstić information content (AvgIpc) is 2.03. The molecule has 0 amide bonds. The summed E-state index contributed by atoms with van der Waals surface area (Å²) in [6.07, 6.45) is 0.419. The van der Waals surface area contributed by atoms with Gasteiger partial charge in [-0.15, -0.1) is 0 Å². The zero-order chi connectivity index (χ0) is 10.5. The number of hydrogen-bond donors (Lipinski definition) is 0. The molecule has 0 radical (unpaired) electrons. The number of rotatable bonds is 5. The minimum absolute atomic E-state index is 0.107. The van der Waals surface area contributed by atoms with Crippen LogP contribution in [0, 0.1) is 5.41 Å². The molecule has 0 aromatic heterocycles. The topological polar surface area (TPSA) is 66.4 Å². The van der Waals surface area contributed by atoms with Crippen molar-refractivity contribution in [2.24, 2.45) is 5.41 Å². The second-order valence-corrected chi connectivity index (χ2v) is 3.50. The fourth-order valence-corrected chi connectivity index (χ4v) is 0.567. The summed E-state index contributed by atoms with van der Waals surface area (Å²) in [5.41, 5.74) is -0.536. The minimum Gasteiger partial charge on any atom is -0.550 e. The van der Waals surface area contributed by atoms with E-state index in [-0.39, 0.29) is 19.0 Å². The van der Waals surface area contributed by atoms with Gasteiger partial charge in [-0.3, -0.25) is 4.79 Å². The molecule has 0 fully saturated rings. The number of ether oxygens (including phenoxy) is 1. The van der Waals surface area contributed by atoms with Gasteiger partial charge >= 0.3 is 5.97 Å². The van der Waals surface area contributed by atoms with Crippen molar-refractivity contribution in [1.82, 2.24) is 0 Å². The molecule has 76 valence electrons. The first-order valence-corrected chi connectivity index (χ1v) is 4.27. The Bertz CT molecular complexity index is 196. The van der Waals surface area contributed by atoms with E-state index >= 15 is 0 Å². The second-order valence-electron chi connectivity index (χ2n) is 3.50. The highest BCUT2D eigenvalue weighted by Gasteiger charge is 2.26. The van der Waals surface area contributed by atoms with E-state index in [1.54, 1.807) is 13.8 Å². The number of aliphatic carboxylic acids is 1. The molecule has 0 saturated heterocycles. The largest absolute Gasteiger partial charge is 0.550 e. The van der Waals surface area contributed by atoms with E-state index < -0.39 is 11.4 Å². The van der Waals surface area contributed by atoms with Gasteiger partial charge in [0, 0.05) is 12.4 Å². The zero-order valence-corrected chi connectivity index (χ0v) is 8.25. The van der Waals surface area contributed by atoms with Crippen LogP contribution in [0.5, 0.6) is 0 Å². The van der Waals surface area contributed by atoms with Crippen LogP contribution in [0.4, 0.5) is 0 Å². The maximum atomic E-state index is 11.2. The highest BCUT2D eigenvalue weighted by molar-refractivity contribution is 5.76. The molecule has 0 unspecified atom stereocenters. The molecular weight excluding hydrogens is 172 g/mol. The number of carbonyl (C=O) groups is 2. The summed E-state index contributed by atoms with van der Waals surface area (Å²) >= 11 is 0. The molecule has 0 aliphatic rings. The van der Waals surface area contributed by atoms with Crippen molar-refractivity contribution in [3.05, 3.63) is 0 Å². The van der Waals surface area contributed by atoms with Gasteiger partial charge in [0.2, 0.25) is 0 Å². The molecule has 0 aliphatic carbocycles.